The monoisotopic (exact) mass is 396 g/mol. The molecule has 0 atom stereocenters. The van der Waals surface area contributed by atoms with E-state index in [2.05, 4.69) is 4.72 Å². The second kappa shape index (κ2) is 8.53. The zero-order valence-electron chi connectivity index (χ0n) is 14.8. The van der Waals surface area contributed by atoms with Crippen molar-refractivity contribution >= 4 is 33.2 Å². The van der Waals surface area contributed by atoms with Gasteiger partial charge in [-0.1, -0.05) is 23.7 Å². The van der Waals surface area contributed by atoms with Gasteiger partial charge in [0.05, 0.1) is 17.7 Å². The average molecular weight is 397 g/mol. The second-order valence-electron chi connectivity index (χ2n) is 5.65. The Balaban J connectivity index is 2.12. The van der Waals surface area contributed by atoms with Crippen molar-refractivity contribution in [1.29, 1.82) is 0 Å². The number of ether oxygens (including phenoxy) is 1. The standard InChI is InChI=1S/C18H21ClN2O4S/c1-13-12-15(8-9-16(13)19)26(23,24)20-10-11-21(14(2)22)17-6-4-5-7-18(17)25-3/h4-9,12,20H,10-11H2,1-3H3. The molecular formula is C18H21ClN2O4S. The molecule has 0 aliphatic rings. The molecule has 0 spiro atoms. The zero-order chi connectivity index (χ0) is 19.3. The molecule has 2 aromatic rings. The molecule has 0 fully saturated rings. The summed E-state index contributed by atoms with van der Waals surface area (Å²) in [6.07, 6.45) is 0. The summed E-state index contributed by atoms with van der Waals surface area (Å²) in [6, 6.07) is 11.6. The molecule has 1 N–H and O–H groups in total. The molecule has 0 aromatic heterocycles. The van der Waals surface area contributed by atoms with Crippen molar-refractivity contribution in [2.24, 2.45) is 0 Å². The van der Waals surface area contributed by atoms with E-state index < -0.39 is 10.0 Å². The lowest BCUT2D eigenvalue weighted by molar-refractivity contribution is -0.116. The van der Waals surface area contributed by atoms with Gasteiger partial charge in [-0.2, -0.15) is 0 Å². The van der Waals surface area contributed by atoms with Crippen LogP contribution in [0.3, 0.4) is 0 Å². The topological polar surface area (TPSA) is 75.7 Å². The molecule has 0 saturated heterocycles. The first kappa shape index (κ1) is 20.2. The summed E-state index contributed by atoms with van der Waals surface area (Å²) >= 11 is 5.94. The minimum absolute atomic E-state index is 0.0572. The maximum Gasteiger partial charge on any atom is 0.240 e. The number of rotatable bonds is 7. The Morgan fingerprint density at radius 2 is 1.92 bits per heavy atom. The lowest BCUT2D eigenvalue weighted by Crippen LogP contribution is -2.37. The van der Waals surface area contributed by atoms with Gasteiger partial charge in [-0.15, -0.1) is 0 Å². The van der Waals surface area contributed by atoms with Crippen LogP contribution in [0.1, 0.15) is 12.5 Å². The largest absolute Gasteiger partial charge is 0.495 e. The fourth-order valence-electron chi connectivity index (χ4n) is 2.46. The molecule has 0 unspecified atom stereocenters. The number of nitrogens with zero attached hydrogens (tertiary/aromatic N) is 1. The fourth-order valence-corrected chi connectivity index (χ4v) is 3.68. The third-order valence-electron chi connectivity index (χ3n) is 3.82. The quantitative estimate of drug-likeness (QED) is 0.780. The van der Waals surface area contributed by atoms with Crippen molar-refractivity contribution in [1.82, 2.24) is 4.72 Å². The van der Waals surface area contributed by atoms with Crippen LogP contribution in [0, 0.1) is 6.92 Å². The highest BCUT2D eigenvalue weighted by molar-refractivity contribution is 7.89. The molecule has 140 valence electrons. The first-order valence-electron chi connectivity index (χ1n) is 7.93. The number of nitrogens with one attached hydrogen (secondary N) is 1. The Bertz CT molecular complexity index is 900. The van der Waals surface area contributed by atoms with Crippen LogP contribution in [-0.2, 0) is 14.8 Å². The molecule has 6 nitrogen and oxygen atoms in total. The van der Waals surface area contributed by atoms with Gasteiger partial charge in [-0.05, 0) is 42.8 Å². The molecule has 2 aromatic carbocycles. The van der Waals surface area contributed by atoms with E-state index in [1.54, 1.807) is 37.3 Å². The van der Waals surface area contributed by atoms with E-state index in [1.165, 1.54) is 31.1 Å². The van der Waals surface area contributed by atoms with Gasteiger partial charge in [-0.3, -0.25) is 4.79 Å². The van der Waals surface area contributed by atoms with E-state index in [-0.39, 0.29) is 23.9 Å². The average Bonchev–Trinajstić information content (AvgIpc) is 2.60. The predicted octanol–water partition coefficient (Wildman–Crippen LogP) is 2.99. The summed E-state index contributed by atoms with van der Waals surface area (Å²) in [6.45, 7) is 3.38. The number of methoxy groups -OCH3 is 1. The van der Waals surface area contributed by atoms with Crippen molar-refractivity contribution in [3.8, 4) is 5.75 Å². The molecule has 0 aliphatic carbocycles. The van der Waals surface area contributed by atoms with E-state index in [9.17, 15) is 13.2 Å². The van der Waals surface area contributed by atoms with Crippen LogP contribution in [0.5, 0.6) is 5.75 Å². The first-order valence-corrected chi connectivity index (χ1v) is 9.79. The number of carbonyl (C=O) groups is 1. The highest BCUT2D eigenvalue weighted by Crippen LogP contribution is 2.27. The predicted molar refractivity (Wildman–Crippen MR) is 102 cm³/mol. The molecule has 26 heavy (non-hydrogen) atoms. The molecule has 8 heteroatoms. The van der Waals surface area contributed by atoms with Crippen LogP contribution in [-0.4, -0.2) is 34.5 Å². The SMILES string of the molecule is COc1ccccc1N(CCNS(=O)(=O)c1ccc(Cl)c(C)c1)C(C)=O. The minimum atomic E-state index is -3.70. The lowest BCUT2D eigenvalue weighted by atomic mass is 10.2. The number of para-hydroxylation sites is 2. The van der Waals surface area contributed by atoms with Crippen molar-refractivity contribution in [3.63, 3.8) is 0 Å². The minimum Gasteiger partial charge on any atom is -0.495 e. The van der Waals surface area contributed by atoms with Crippen LogP contribution in [0.15, 0.2) is 47.4 Å². The molecule has 1 amide bonds. The van der Waals surface area contributed by atoms with Crippen LogP contribution in [0.2, 0.25) is 5.02 Å². The van der Waals surface area contributed by atoms with E-state index in [1.807, 2.05) is 0 Å². The van der Waals surface area contributed by atoms with Gasteiger partial charge in [0.25, 0.3) is 0 Å². The van der Waals surface area contributed by atoms with E-state index in [4.69, 9.17) is 16.3 Å². The number of anilines is 1. The maximum atomic E-state index is 12.4. The summed E-state index contributed by atoms with van der Waals surface area (Å²) in [4.78, 5) is 13.6. The Labute approximate surface area is 158 Å². The number of aryl methyl sites for hydroxylation is 1. The van der Waals surface area contributed by atoms with Gasteiger partial charge in [-0.25, -0.2) is 13.1 Å². The Morgan fingerprint density at radius 1 is 1.23 bits per heavy atom. The van der Waals surface area contributed by atoms with Crippen molar-refractivity contribution in [2.75, 3.05) is 25.1 Å². The smallest absolute Gasteiger partial charge is 0.240 e. The van der Waals surface area contributed by atoms with Gasteiger partial charge in [0.2, 0.25) is 15.9 Å². The molecule has 0 saturated carbocycles. The summed E-state index contributed by atoms with van der Waals surface area (Å²) < 4.78 is 32.6. The fraction of sp³-hybridized carbons (Fsp3) is 0.278. The number of amides is 1. The third kappa shape index (κ3) is 4.75. The Hall–Kier alpha value is -2.09. The van der Waals surface area contributed by atoms with Crippen LogP contribution in [0.4, 0.5) is 5.69 Å². The van der Waals surface area contributed by atoms with Gasteiger partial charge in [0, 0.05) is 25.0 Å². The molecule has 0 bridgehead atoms. The van der Waals surface area contributed by atoms with Crippen LogP contribution < -0.4 is 14.4 Å². The second-order valence-corrected chi connectivity index (χ2v) is 7.83. The summed E-state index contributed by atoms with van der Waals surface area (Å²) in [5.41, 5.74) is 1.26. The van der Waals surface area contributed by atoms with Gasteiger partial charge in [0.15, 0.2) is 0 Å². The van der Waals surface area contributed by atoms with E-state index in [0.29, 0.717) is 22.0 Å². The number of sulfonamides is 1. The van der Waals surface area contributed by atoms with Gasteiger partial charge < -0.3 is 9.64 Å². The number of carbonyl (C=O) groups excluding carboxylic acids is 1. The number of hydrogen-bond acceptors (Lipinski definition) is 4. The maximum absolute atomic E-state index is 12.4. The normalized spacial score (nSPS) is 11.2. The van der Waals surface area contributed by atoms with Crippen LogP contribution >= 0.6 is 11.6 Å². The van der Waals surface area contributed by atoms with E-state index in [0.717, 1.165) is 0 Å². The van der Waals surface area contributed by atoms with Crippen molar-refractivity contribution in [3.05, 3.63) is 53.1 Å². The molecule has 2 rings (SSSR count). The number of hydrogen-bond donors (Lipinski definition) is 1. The Morgan fingerprint density at radius 3 is 2.54 bits per heavy atom. The van der Waals surface area contributed by atoms with Crippen molar-refractivity contribution in [2.45, 2.75) is 18.7 Å². The molecule has 0 radical (unpaired) electrons. The summed E-state index contributed by atoms with van der Waals surface area (Å²) in [5, 5.41) is 0.503. The Kier molecular flexibility index (Phi) is 6.63. The first-order chi connectivity index (χ1) is 12.3. The van der Waals surface area contributed by atoms with E-state index >= 15 is 0 Å². The number of benzene rings is 2. The number of halogens is 1. The van der Waals surface area contributed by atoms with Crippen LogP contribution in [0.25, 0.3) is 0 Å². The van der Waals surface area contributed by atoms with Crippen molar-refractivity contribution < 1.29 is 17.9 Å². The van der Waals surface area contributed by atoms with Gasteiger partial charge in [0.1, 0.15) is 5.75 Å². The zero-order valence-corrected chi connectivity index (χ0v) is 16.4. The highest BCUT2D eigenvalue weighted by Gasteiger charge is 2.18. The summed E-state index contributed by atoms with van der Waals surface area (Å²) in [7, 11) is -2.18. The summed E-state index contributed by atoms with van der Waals surface area (Å²) in [5.74, 6) is 0.329. The molecular weight excluding hydrogens is 376 g/mol. The molecule has 0 aliphatic heterocycles. The van der Waals surface area contributed by atoms with Gasteiger partial charge >= 0.3 is 0 Å². The highest BCUT2D eigenvalue weighted by atomic mass is 35.5. The third-order valence-corrected chi connectivity index (χ3v) is 5.71. The molecule has 0 heterocycles. The lowest BCUT2D eigenvalue weighted by Gasteiger charge is -2.23.